The average molecular weight is 1670 g/mol. The summed E-state index contributed by atoms with van der Waals surface area (Å²) >= 11 is 0. The molecule has 0 atom stereocenters. The molecule has 0 aromatic rings. The number of esters is 3. The van der Waals surface area contributed by atoms with Gasteiger partial charge >= 0.3 is 17.9 Å². The molecule has 6 heteroatoms. The summed E-state index contributed by atoms with van der Waals surface area (Å²) in [6.45, 7) is 17.9. The van der Waals surface area contributed by atoms with Crippen molar-refractivity contribution in [3.05, 3.63) is 0 Å². The van der Waals surface area contributed by atoms with E-state index in [-0.39, 0.29) is 23.8 Å². The molecule has 0 heterocycles. The maximum atomic E-state index is 13.2. The standard InChI is InChI=1S/C52H104O2.C32H64O2.C28H56O2/c1-4-7-10-13-16-19-22-25-28-29-32-35-38-41-44-47-50-54-52(53)51(48-45-42-39-36-33-30-26-23-20-17-14-11-8-5-2)49-46-43-40-37-34-31-27-24-21-18-15-12-9-6-3;1-3-5-7-9-11-13-15-17-19-21-23-25-27-29-31-34-32(33)30-28-26-24-22-20-18-16-14-12-10-8-6-4-2;1-3-5-7-9-11-13-15-17-19-21-23-25-27-30-28(29)26-24-22-20-18-16-14-12-10-8-6-4-2/h51H,4-50H2,1-3H3;3-31H2,1-2H3;3-27H2,1-2H3. The van der Waals surface area contributed by atoms with Crippen LogP contribution < -0.4 is 0 Å². The lowest BCUT2D eigenvalue weighted by atomic mass is 9.94. The fraction of sp³-hybridized carbons (Fsp3) is 0.973. The fourth-order valence-electron chi connectivity index (χ4n) is 17.5. The van der Waals surface area contributed by atoms with E-state index in [2.05, 4.69) is 48.5 Å². The molecule has 0 aliphatic heterocycles. The van der Waals surface area contributed by atoms with E-state index in [0.717, 1.165) is 44.9 Å². The van der Waals surface area contributed by atoms with E-state index in [0.29, 0.717) is 32.7 Å². The van der Waals surface area contributed by atoms with Gasteiger partial charge in [0.25, 0.3) is 0 Å². The van der Waals surface area contributed by atoms with Gasteiger partial charge in [-0.25, -0.2) is 0 Å². The van der Waals surface area contributed by atoms with Gasteiger partial charge in [0.1, 0.15) is 0 Å². The number of unbranched alkanes of at least 4 members (excludes halogenated alkanes) is 87. The Balaban J connectivity index is -0.00000178. The molecule has 0 radical (unpaired) electrons. The number of hydrogen-bond donors (Lipinski definition) is 0. The first-order chi connectivity index (χ1) is 58.4. The average Bonchev–Trinajstić information content (AvgIpc) is 0.939. The van der Waals surface area contributed by atoms with E-state index in [1.54, 1.807) is 0 Å². The highest BCUT2D eigenvalue weighted by Gasteiger charge is 2.20. The zero-order valence-electron chi connectivity index (χ0n) is 82.9. The van der Waals surface area contributed by atoms with Gasteiger partial charge < -0.3 is 14.2 Å². The first kappa shape index (κ1) is 121. The molecular weight excluding hydrogens is 1440 g/mol. The minimum absolute atomic E-state index is 0.0222. The Morgan fingerprint density at radius 3 is 0.415 bits per heavy atom. The third kappa shape index (κ3) is 114. The van der Waals surface area contributed by atoms with Crippen LogP contribution in [0.4, 0.5) is 0 Å². The zero-order chi connectivity index (χ0) is 85.8. The molecular formula is C112H224O6. The smallest absolute Gasteiger partial charge is 0.308 e. The van der Waals surface area contributed by atoms with Gasteiger partial charge in [0.15, 0.2) is 0 Å². The molecule has 0 unspecified atom stereocenters. The number of carbonyl (C=O) groups is 3. The number of ether oxygens (including phenoxy) is 3. The summed E-state index contributed by atoms with van der Waals surface area (Å²) in [5.74, 6) is 0.313. The Morgan fingerprint density at radius 2 is 0.263 bits per heavy atom. The van der Waals surface area contributed by atoms with E-state index in [1.165, 1.54) is 571 Å². The molecule has 0 spiro atoms. The number of rotatable bonds is 102. The summed E-state index contributed by atoms with van der Waals surface area (Å²) in [5.41, 5.74) is 0. The summed E-state index contributed by atoms with van der Waals surface area (Å²) in [7, 11) is 0. The van der Waals surface area contributed by atoms with Crippen LogP contribution in [0.15, 0.2) is 0 Å². The van der Waals surface area contributed by atoms with Gasteiger partial charge in [-0.2, -0.15) is 0 Å². The third-order valence-electron chi connectivity index (χ3n) is 25.9. The van der Waals surface area contributed by atoms with Crippen LogP contribution in [0.25, 0.3) is 0 Å². The minimum atomic E-state index is 0.0222. The normalized spacial score (nSPS) is 11.4. The molecule has 0 aliphatic carbocycles. The quantitative estimate of drug-likeness (QED) is 0.0343. The van der Waals surface area contributed by atoms with Gasteiger partial charge in [-0.05, 0) is 44.9 Å². The Hall–Kier alpha value is -1.59. The molecule has 708 valence electrons. The highest BCUT2D eigenvalue weighted by Crippen LogP contribution is 2.25. The lowest BCUT2D eigenvalue weighted by Crippen LogP contribution is -2.18. The van der Waals surface area contributed by atoms with Crippen LogP contribution in [-0.2, 0) is 28.6 Å². The predicted octanol–water partition coefficient (Wildman–Crippen LogP) is 40.6. The molecule has 118 heavy (non-hydrogen) atoms. The molecule has 0 amide bonds. The lowest BCUT2D eigenvalue weighted by molar-refractivity contribution is -0.149. The number of hydrogen-bond acceptors (Lipinski definition) is 6. The van der Waals surface area contributed by atoms with E-state index >= 15 is 0 Å². The first-order valence-electron chi connectivity index (χ1n) is 55.9. The summed E-state index contributed by atoms with van der Waals surface area (Å²) in [5, 5.41) is 0. The molecule has 0 fully saturated rings. The van der Waals surface area contributed by atoms with Crippen molar-refractivity contribution < 1.29 is 28.6 Å². The minimum Gasteiger partial charge on any atom is -0.466 e. The predicted molar refractivity (Wildman–Crippen MR) is 529 cm³/mol. The van der Waals surface area contributed by atoms with Crippen molar-refractivity contribution in [1.82, 2.24) is 0 Å². The topological polar surface area (TPSA) is 78.9 Å². The Labute approximate surface area is 745 Å². The summed E-state index contributed by atoms with van der Waals surface area (Å²) < 4.78 is 16.7. The second kappa shape index (κ2) is 115. The second-order valence-electron chi connectivity index (χ2n) is 38.1. The summed E-state index contributed by atoms with van der Waals surface area (Å²) in [6, 6.07) is 0. The molecule has 0 aliphatic rings. The van der Waals surface area contributed by atoms with Crippen LogP contribution in [-0.4, -0.2) is 37.7 Å². The van der Waals surface area contributed by atoms with Gasteiger partial charge in [0.05, 0.1) is 25.7 Å². The summed E-state index contributed by atoms with van der Waals surface area (Å²) in [6.07, 6.45) is 132. The van der Waals surface area contributed by atoms with Gasteiger partial charge in [-0.3, -0.25) is 14.4 Å². The lowest BCUT2D eigenvalue weighted by Gasteiger charge is -2.16. The molecule has 0 saturated carbocycles. The van der Waals surface area contributed by atoms with E-state index < -0.39 is 0 Å². The molecule has 6 nitrogen and oxygen atoms in total. The van der Waals surface area contributed by atoms with Crippen molar-refractivity contribution in [2.24, 2.45) is 5.92 Å². The van der Waals surface area contributed by atoms with Crippen LogP contribution in [0.5, 0.6) is 0 Å². The van der Waals surface area contributed by atoms with Crippen LogP contribution >= 0.6 is 0 Å². The van der Waals surface area contributed by atoms with Gasteiger partial charge in [0, 0.05) is 12.8 Å². The van der Waals surface area contributed by atoms with E-state index in [4.69, 9.17) is 14.2 Å². The second-order valence-corrected chi connectivity index (χ2v) is 38.1. The van der Waals surface area contributed by atoms with Gasteiger partial charge in [-0.15, -0.1) is 0 Å². The first-order valence-corrected chi connectivity index (χ1v) is 55.9. The Morgan fingerprint density at radius 1 is 0.144 bits per heavy atom. The van der Waals surface area contributed by atoms with Crippen molar-refractivity contribution in [3.8, 4) is 0 Å². The molecule has 0 aromatic heterocycles. The maximum Gasteiger partial charge on any atom is 0.308 e. The van der Waals surface area contributed by atoms with Crippen molar-refractivity contribution in [1.29, 1.82) is 0 Å². The summed E-state index contributed by atoms with van der Waals surface area (Å²) in [4.78, 5) is 36.8. The van der Waals surface area contributed by atoms with Gasteiger partial charge in [-0.1, -0.05) is 620 Å². The third-order valence-corrected chi connectivity index (χ3v) is 25.9. The van der Waals surface area contributed by atoms with Crippen LogP contribution in [0.3, 0.4) is 0 Å². The highest BCUT2D eigenvalue weighted by molar-refractivity contribution is 5.72. The Kier molecular flexibility index (Phi) is 118. The Bertz CT molecular complexity index is 1730. The zero-order valence-corrected chi connectivity index (χ0v) is 82.9. The largest absolute Gasteiger partial charge is 0.466 e. The van der Waals surface area contributed by atoms with Crippen molar-refractivity contribution in [2.75, 3.05) is 19.8 Å². The van der Waals surface area contributed by atoms with E-state index in [1.807, 2.05) is 0 Å². The van der Waals surface area contributed by atoms with E-state index in [9.17, 15) is 14.4 Å². The molecule has 0 aromatic carbocycles. The molecule has 0 rings (SSSR count). The highest BCUT2D eigenvalue weighted by atomic mass is 16.5. The fourth-order valence-corrected chi connectivity index (χ4v) is 17.5. The molecule has 0 N–H and O–H groups in total. The van der Waals surface area contributed by atoms with Crippen LogP contribution in [0.1, 0.15) is 678 Å². The number of carbonyl (C=O) groups excluding carboxylic acids is 3. The van der Waals surface area contributed by atoms with Crippen LogP contribution in [0, 0.1) is 5.92 Å². The van der Waals surface area contributed by atoms with Gasteiger partial charge in [0.2, 0.25) is 0 Å². The van der Waals surface area contributed by atoms with Crippen molar-refractivity contribution >= 4 is 17.9 Å². The molecule has 0 saturated heterocycles. The molecule has 0 bridgehead atoms. The van der Waals surface area contributed by atoms with Crippen molar-refractivity contribution in [3.63, 3.8) is 0 Å². The van der Waals surface area contributed by atoms with Crippen LogP contribution in [0.2, 0.25) is 0 Å². The maximum absolute atomic E-state index is 13.2. The monoisotopic (exact) mass is 1670 g/mol. The SMILES string of the molecule is CCCCCCCCCCCCCCCCCCOC(=O)C(CCCCCCCCCCCCCCCC)CCCCCCCCCCCCCCCC.CCCCCCCCCCCCCCCCOC(=O)CCCCCCCCCCCCCCC.CCCCCCCCCCCCCCOC(=O)CCCCCCCCCCCCC. The van der Waals surface area contributed by atoms with Crippen molar-refractivity contribution in [2.45, 2.75) is 678 Å².